The summed E-state index contributed by atoms with van der Waals surface area (Å²) in [6.07, 6.45) is 0. The molecule has 0 saturated heterocycles. The van der Waals surface area contributed by atoms with Gasteiger partial charge in [-0.1, -0.05) is 33.8 Å². The van der Waals surface area contributed by atoms with Crippen LogP contribution in [0.4, 0.5) is 5.69 Å². The molecule has 0 spiro atoms. The van der Waals surface area contributed by atoms with Crippen LogP contribution in [0.15, 0.2) is 24.3 Å². The van der Waals surface area contributed by atoms with E-state index in [0.29, 0.717) is 5.33 Å². The Labute approximate surface area is 74.7 Å². The van der Waals surface area contributed by atoms with Crippen molar-refractivity contribution in [1.82, 2.24) is 0 Å². The van der Waals surface area contributed by atoms with Gasteiger partial charge in [0.25, 0.3) is 0 Å². The molecule has 0 heterocycles. The van der Waals surface area contributed by atoms with Crippen LogP contribution < -0.4 is 5.73 Å². The maximum atomic E-state index is 5.55. The van der Waals surface area contributed by atoms with Crippen molar-refractivity contribution in [2.24, 2.45) is 0 Å². The van der Waals surface area contributed by atoms with Gasteiger partial charge in [-0.05, 0) is 18.2 Å². The topological polar surface area (TPSA) is 26.0 Å². The van der Waals surface area contributed by atoms with Crippen LogP contribution in [0.5, 0.6) is 0 Å². The molecule has 0 unspecified atom stereocenters. The number of hydrogen-bond acceptors (Lipinski definition) is 1. The zero-order chi connectivity index (χ0) is 8.10. The largest absolute Gasteiger partial charge is 0.399 e. The van der Waals surface area contributed by atoms with E-state index >= 15 is 0 Å². The second-order valence-electron chi connectivity index (χ2n) is 2.06. The molecule has 0 atom stereocenters. The lowest BCUT2D eigenvalue weighted by Crippen LogP contribution is -1.84. The summed E-state index contributed by atoms with van der Waals surface area (Å²) in [7, 11) is 0. The van der Waals surface area contributed by atoms with Gasteiger partial charge < -0.3 is 5.73 Å². The molecule has 0 aromatic heterocycles. The molecule has 11 heavy (non-hydrogen) atoms. The van der Waals surface area contributed by atoms with Crippen LogP contribution in [0, 0.1) is 11.8 Å². The standard InChI is InChI=1S/C9H8BrN/c10-6-2-4-8-3-1-5-9(11)7-8/h1,3,5,7H,6,11H2. The van der Waals surface area contributed by atoms with Crippen molar-refractivity contribution in [2.45, 2.75) is 0 Å². The first-order valence-corrected chi connectivity index (χ1v) is 4.35. The highest BCUT2D eigenvalue weighted by atomic mass is 79.9. The van der Waals surface area contributed by atoms with Crippen molar-refractivity contribution < 1.29 is 0 Å². The Morgan fingerprint density at radius 1 is 1.45 bits per heavy atom. The molecule has 0 fully saturated rings. The Kier molecular flexibility index (Phi) is 3.00. The van der Waals surface area contributed by atoms with E-state index in [-0.39, 0.29) is 0 Å². The summed E-state index contributed by atoms with van der Waals surface area (Å²) in [6.45, 7) is 0. The van der Waals surface area contributed by atoms with Gasteiger partial charge in [0, 0.05) is 11.3 Å². The number of rotatable bonds is 0. The first-order chi connectivity index (χ1) is 5.33. The van der Waals surface area contributed by atoms with E-state index in [2.05, 4.69) is 27.8 Å². The number of nitrogens with two attached hydrogens (primary N) is 1. The second kappa shape index (κ2) is 4.05. The quantitative estimate of drug-likeness (QED) is 0.395. The molecular weight excluding hydrogens is 202 g/mol. The highest BCUT2D eigenvalue weighted by Gasteiger charge is 1.85. The number of hydrogen-bond donors (Lipinski definition) is 1. The normalized spacial score (nSPS) is 8.45. The minimum atomic E-state index is 0.696. The van der Waals surface area contributed by atoms with Gasteiger partial charge in [-0.3, -0.25) is 0 Å². The average Bonchev–Trinajstić information content (AvgIpc) is 2.01. The van der Waals surface area contributed by atoms with Crippen LogP contribution in [0.25, 0.3) is 0 Å². The molecule has 0 aliphatic carbocycles. The Balaban J connectivity index is 2.87. The number of nitrogen functional groups attached to an aromatic ring is 1. The van der Waals surface area contributed by atoms with E-state index < -0.39 is 0 Å². The molecule has 2 heteroatoms. The van der Waals surface area contributed by atoms with Crippen LogP contribution in [0.3, 0.4) is 0 Å². The molecule has 56 valence electrons. The summed E-state index contributed by atoms with van der Waals surface area (Å²) in [4.78, 5) is 0. The Hall–Kier alpha value is -0.940. The molecule has 0 saturated carbocycles. The lowest BCUT2D eigenvalue weighted by molar-refractivity contribution is 1.63. The van der Waals surface area contributed by atoms with Gasteiger partial charge >= 0.3 is 0 Å². The molecule has 0 amide bonds. The summed E-state index contributed by atoms with van der Waals surface area (Å²) in [5.74, 6) is 5.86. The van der Waals surface area contributed by atoms with Gasteiger partial charge in [0.05, 0.1) is 5.33 Å². The first-order valence-electron chi connectivity index (χ1n) is 3.23. The molecule has 2 N–H and O–H groups in total. The van der Waals surface area contributed by atoms with E-state index in [4.69, 9.17) is 5.73 Å². The Morgan fingerprint density at radius 3 is 2.91 bits per heavy atom. The van der Waals surface area contributed by atoms with E-state index in [0.717, 1.165) is 11.3 Å². The monoisotopic (exact) mass is 209 g/mol. The SMILES string of the molecule is Nc1cccc(C#CCBr)c1. The lowest BCUT2D eigenvalue weighted by atomic mass is 10.2. The smallest absolute Gasteiger partial charge is 0.0649 e. The van der Waals surface area contributed by atoms with Gasteiger partial charge in [-0.25, -0.2) is 0 Å². The third-order valence-electron chi connectivity index (χ3n) is 1.19. The molecule has 0 aliphatic heterocycles. The number of benzene rings is 1. The molecule has 1 aromatic carbocycles. The van der Waals surface area contributed by atoms with Crippen molar-refractivity contribution in [3.05, 3.63) is 29.8 Å². The zero-order valence-corrected chi connectivity index (χ0v) is 7.56. The van der Waals surface area contributed by atoms with Crippen molar-refractivity contribution in [3.63, 3.8) is 0 Å². The third-order valence-corrected chi connectivity index (χ3v) is 1.47. The van der Waals surface area contributed by atoms with E-state index in [9.17, 15) is 0 Å². The molecule has 1 aromatic rings. The van der Waals surface area contributed by atoms with Crippen molar-refractivity contribution >= 4 is 21.6 Å². The number of anilines is 1. The summed E-state index contributed by atoms with van der Waals surface area (Å²) in [5.41, 5.74) is 7.27. The van der Waals surface area contributed by atoms with Crippen LogP contribution in [0.1, 0.15) is 5.56 Å². The van der Waals surface area contributed by atoms with Crippen molar-refractivity contribution in [3.8, 4) is 11.8 Å². The summed E-state index contributed by atoms with van der Waals surface area (Å²) in [5, 5.41) is 0.696. The molecule has 0 radical (unpaired) electrons. The maximum absolute atomic E-state index is 5.55. The second-order valence-corrected chi connectivity index (χ2v) is 2.62. The van der Waals surface area contributed by atoms with E-state index in [1.54, 1.807) is 0 Å². The summed E-state index contributed by atoms with van der Waals surface area (Å²) >= 11 is 3.22. The number of alkyl halides is 1. The summed E-state index contributed by atoms with van der Waals surface area (Å²) < 4.78 is 0. The fourth-order valence-corrected chi connectivity index (χ4v) is 0.892. The highest BCUT2D eigenvalue weighted by molar-refractivity contribution is 9.09. The van der Waals surface area contributed by atoms with Gasteiger partial charge in [-0.15, -0.1) is 0 Å². The van der Waals surface area contributed by atoms with E-state index in [1.165, 1.54) is 0 Å². The van der Waals surface area contributed by atoms with Crippen molar-refractivity contribution in [2.75, 3.05) is 11.1 Å². The molecule has 1 rings (SSSR count). The zero-order valence-electron chi connectivity index (χ0n) is 5.97. The minimum Gasteiger partial charge on any atom is -0.399 e. The fraction of sp³-hybridized carbons (Fsp3) is 0.111. The molecule has 0 bridgehead atoms. The van der Waals surface area contributed by atoms with Crippen molar-refractivity contribution in [1.29, 1.82) is 0 Å². The lowest BCUT2D eigenvalue weighted by Gasteiger charge is -1.91. The van der Waals surface area contributed by atoms with Crippen LogP contribution in [-0.2, 0) is 0 Å². The predicted molar refractivity (Wildman–Crippen MR) is 51.5 cm³/mol. The Morgan fingerprint density at radius 2 is 2.27 bits per heavy atom. The van der Waals surface area contributed by atoms with Gasteiger partial charge in [0.15, 0.2) is 0 Å². The highest BCUT2D eigenvalue weighted by Crippen LogP contribution is 2.04. The first kappa shape index (κ1) is 8.16. The fourth-order valence-electron chi connectivity index (χ4n) is 0.752. The van der Waals surface area contributed by atoms with E-state index in [1.807, 2.05) is 24.3 Å². The van der Waals surface area contributed by atoms with Gasteiger partial charge in [0.1, 0.15) is 0 Å². The average molecular weight is 210 g/mol. The van der Waals surface area contributed by atoms with Gasteiger partial charge in [-0.2, -0.15) is 0 Å². The van der Waals surface area contributed by atoms with Crippen LogP contribution >= 0.6 is 15.9 Å². The third kappa shape index (κ3) is 2.65. The van der Waals surface area contributed by atoms with Gasteiger partial charge in [0.2, 0.25) is 0 Å². The molecular formula is C9H8BrN. The Bertz CT molecular complexity index is 296. The van der Waals surface area contributed by atoms with Crippen LogP contribution in [-0.4, -0.2) is 5.33 Å². The predicted octanol–water partition coefficient (Wildman–Crippen LogP) is 2.02. The van der Waals surface area contributed by atoms with Crippen LogP contribution in [0.2, 0.25) is 0 Å². The molecule has 1 nitrogen and oxygen atoms in total. The summed E-state index contributed by atoms with van der Waals surface area (Å²) in [6, 6.07) is 7.54. The molecule has 0 aliphatic rings. The maximum Gasteiger partial charge on any atom is 0.0649 e. The minimum absolute atomic E-state index is 0.696. The number of halogens is 1.